The zero-order valence-electron chi connectivity index (χ0n) is 11.5. The smallest absolute Gasteiger partial charge is 0.146 e. The van der Waals surface area contributed by atoms with Gasteiger partial charge in [-0.25, -0.2) is 4.39 Å². The summed E-state index contributed by atoms with van der Waals surface area (Å²) in [6.45, 7) is 6.75. The molecule has 0 unspecified atom stereocenters. The molecule has 0 aliphatic heterocycles. The van der Waals surface area contributed by atoms with E-state index in [1.54, 1.807) is 19.1 Å². The molecule has 3 nitrogen and oxygen atoms in total. The van der Waals surface area contributed by atoms with Gasteiger partial charge in [0.05, 0.1) is 24.5 Å². The summed E-state index contributed by atoms with van der Waals surface area (Å²) >= 11 is 0. The topological polar surface area (TPSA) is 32.7 Å². The Morgan fingerprint density at radius 2 is 2.00 bits per heavy atom. The van der Waals surface area contributed by atoms with Crippen molar-refractivity contribution in [3.8, 4) is 0 Å². The first-order valence-corrected chi connectivity index (χ1v) is 6.22. The summed E-state index contributed by atoms with van der Waals surface area (Å²) in [6.07, 6.45) is -0.469. The molecule has 1 rings (SSSR count). The van der Waals surface area contributed by atoms with Crippen molar-refractivity contribution in [2.45, 2.75) is 33.0 Å². The normalized spacial score (nSPS) is 12.8. The van der Waals surface area contributed by atoms with Gasteiger partial charge in [-0.2, -0.15) is 0 Å². The predicted molar refractivity (Wildman–Crippen MR) is 71.4 cm³/mol. The molecule has 0 heterocycles. The Bertz CT molecular complexity index is 380. The van der Waals surface area contributed by atoms with Crippen LogP contribution < -0.4 is 4.90 Å². The van der Waals surface area contributed by atoms with Gasteiger partial charge in [0.2, 0.25) is 0 Å². The minimum Gasteiger partial charge on any atom is -0.389 e. The van der Waals surface area contributed by atoms with Crippen LogP contribution in [-0.2, 0) is 4.74 Å². The van der Waals surface area contributed by atoms with Crippen molar-refractivity contribution < 1.29 is 14.2 Å². The lowest BCUT2D eigenvalue weighted by Crippen LogP contribution is -2.24. The molecule has 1 aromatic carbocycles. The molecular weight excluding hydrogens is 233 g/mol. The number of benzene rings is 1. The second-order valence-electron chi connectivity index (χ2n) is 4.73. The van der Waals surface area contributed by atoms with Crippen LogP contribution in [0.3, 0.4) is 0 Å². The van der Waals surface area contributed by atoms with E-state index >= 15 is 0 Å². The highest BCUT2D eigenvalue weighted by molar-refractivity contribution is 5.48. The van der Waals surface area contributed by atoms with E-state index in [4.69, 9.17) is 4.74 Å². The van der Waals surface area contributed by atoms with E-state index in [-0.39, 0.29) is 11.9 Å². The lowest BCUT2D eigenvalue weighted by atomic mass is 10.1. The molecular formula is C14H22FNO2. The first-order chi connectivity index (χ1) is 8.41. The number of hydrogen-bond acceptors (Lipinski definition) is 3. The van der Waals surface area contributed by atoms with E-state index in [1.165, 1.54) is 6.07 Å². The van der Waals surface area contributed by atoms with Crippen LogP contribution in [0.4, 0.5) is 10.1 Å². The quantitative estimate of drug-likeness (QED) is 0.848. The molecule has 0 saturated heterocycles. The highest BCUT2D eigenvalue weighted by atomic mass is 19.1. The van der Waals surface area contributed by atoms with Crippen molar-refractivity contribution in [3.05, 3.63) is 29.6 Å². The number of rotatable bonds is 6. The predicted octanol–water partition coefficient (Wildman–Crippen LogP) is 2.74. The number of aliphatic hydroxyl groups excluding tert-OH is 1. The van der Waals surface area contributed by atoms with Gasteiger partial charge >= 0.3 is 0 Å². The molecule has 0 amide bonds. The average Bonchev–Trinajstić information content (AvgIpc) is 2.27. The number of anilines is 1. The summed E-state index contributed by atoms with van der Waals surface area (Å²) < 4.78 is 19.3. The van der Waals surface area contributed by atoms with Gasteiger partial charge in [0.15, 0.2) is 0 Å². The van der Waals surface area contributed by atoms with E-state index < -0.39 is 6.10 Å². The molecule has 0 saturated carbocycles. The van der Waals surface area contributed by atoms with Crippen LogP contribution in [0.2, 0.25) is 0 Å². The number of likely N-dealkylation sites (N-methyl/N-ethyl adjacent to an activating group) is 1. The number of hydrogen-bond donors (Lipinski definition) is 1. The summed E-state index contributed by atoms with van der Waals surface area (Å²) in [5.41, 5.74) is 1.11. The molecule has 0 bridgehead atoms. The number of ether oxygens (including phenoxy) is 1. The van der Waals surface area contributed by atoms with E-state index in [0.29, 0.717) is 24.4 Å². The molecule has 4 heteroatoms. The first kappa shape index (κ1) is 14.9. The molecule has 102 valence electrons. The Kier molecular flexibility index (Phi) is 5.56. The molecule has 0 radical (unpaired) electrons. The maximum absolute atomic E-state index is 13.9. The van der Waals surface area contributed by atoms with Gasteiger partial charge in [0.25, 0.3) is 0 Å². The highest BCUT2D eigenvalue weighted by Crippen LogP contribution is 2.22. The van der Waals surface area contributed by atoms with E-state index in [0.717, 1.165) is 0 Å². The molecule has 1 N–H and O–H groups in total. The largest absolute Gasteiger partial charge is 0.389 e. The minimum absolute atomic E-state index is 0.181. The van der Waals surface area contributed by atoms with Crippen LogP contribution in [0, 0.1) is 5.82 Å². The second-order valence-corrected chi connectivity index (χ2v) is 4.73. The third-order valence-corrected chi connectivity index (χ3v) is 2.74. The monoisotopic (exact) mass is 255 g/mol. The minimum atomic E-state index is -0.650. The standard InChI is InChI=1S/C14H22FNO2/c1-10(2)18-8-7-16(4)14-6-5-12(11(3)17)9-13(14)15/h5-6,9-11,17H,7-8H2,1-4H3/t11-/m1/s1. The van der Waals surface area contributed by atoms with Crippen LogP contribution >= 0.6 is 0 Å². The zero-order chi connectivity index (χ0) is 13.7. The van der Waals surface area contributed by atoms with Crippen molar-refractivity contribution in [1.29, 1.82) is 0 Å². The van der Waals surface area contributed by atoms with Gasteiger partial charge in [0.1, 0.15) is 5.82 Å². The van der Waals surface area contributed by atoms with Crippen LogP contribution in [0.15, 0.2) is 18.2 Å². The van der Waals surface area contributed by atoms with Gasteiger partial charge < -0.3 is 14.7 Å². The fourth-order valence-corrected chi connectivity index (χ4v) is 1.64. The van der Waals surface area contributed by atoms with Crippen molar-refractivity contribution >= 4 is 5.69 Å². The first-order valence-electron chi connectivity index (χ1n) is 6.22. The molecule has 1 aromatic rings. The fraction of sp³-hybridized carbons (Fsp3) is 0.571. The Labute approximate surface area is 108 Å². The van der Waals surface area contributed by atoms with Gasteiger partial charge in [-0.1, -0.05) is 6.07 Å². The average molecular weight is 255 g/mol. The van der Waals surface area contributed by atoms with Crippen LogP contribution in [-0.4, -0.2) is 31.4 Å². The molecule has 0 aromatic heterocycles. The van der Waals surface area contributed by atoms with Crippen molar-refractivity contribution in [3.63, 3.8) is 0 Å². The lowest BCUT2D eigenvalue weighted by molar-refractivity contribution is 0.0845. The Hall–Kier alpha value is -1.13. The molecule has 0 fully saturated rings. The number of aliphatic hydroxyl groups is 1. The summed E-state index contributed by atoms with van der Waals surface area (Å²) in [7, 11) is 1.82. The van der Waals surface area contributed by atoms with E-state index in [9.17, 15) is 9.50 Å². The van der Waals surface area contributed by atoms with Crippen molar-refractivity contribution in [2.75, 3.05) is 25.1 Å². The van der Waals surface area contributed by atoms with Gasteiger partial charge in [-0.3, -0.25) is 0 Å². The Morgan fingerprint density at radius 3 is 2.50 bits per heavy atom. The second kappa shape index (κ2) is 6.71. The molecule has 0 spiro atoms. The van der Waals surface area contributed by atoms with Gasteiger partial charge in [0, 0.05) is 13.6 Å². The lowest BCUT2D eigenvalue weighted by Gasteiger charge is -2.21. The van der Waals surface area contributed by atoms with Gasteiger partial charge in [-0.15, -0.1) is 0 Å². The maximum atomic E-state index is 13.9. The van der Waals surface area contributed by atoms with Crippen LogP contribution in [0.25, 0.3) is 0 Å². The maximum Gasteiger partial charge on any atom is 0.146 e. The summed E-state index contributed by atoms with van der Waals surface area (Å²) in [4.78, 5) is 1.81. The third kappa shape index (κ3) is 4.27. The fourth-order valence-electron chi connectivity index (χ4n) is 1.64. The Morgan fingerprint density at radius 1 is 1.33 bits per heavy atom. The van der Waals surface area contributed by atoms with E-state index in [2.05, 4.69) is 0 Å². The molecule has 1 atom stereocenters. The van der Waals surface area contributed by atoms with Gasteiger partial charge in [-0.05, 0) is 38.5 Å². The zero-order valence-corrected chi connectivity index (χ0v) is 11.5. The Balaban J connectivity index is 2.65. The van der Waals surface area contributed by atoms with E-state index in [1.807, 2.05) is 25.8 Å². The summed E-state index contributed by atoms with van der Waals surface area (Å²) in [5.74, 6) is -0.319. The van der Waals surface area contributed by atoms with Crippen LogP contribution in [0.5, 0.6) is 0 Å². The summed E-state index contributed by atoms with van der Waals surface area (Å²) in [5, 5.41) is 9.38. The SMILES string of the molecule is CC(C)OCCN(C)c1ccc([C@@H](C)O)cc1F. The molecule has 0 aliphatic carbocycles. The third-order valence-electron chi connectivity index (χ3n) is 2.74. The van der Waals surface area contributed by atoms with Crippen molar-refractivity contribution in [1.82, 2.24) is 0 Å². The number of nitrogens with zero attached hydrogens (tertiary/aromatic N) is 1. The summed E-state index contributed by atoms with van der Waals surface area (Å²) in [6, 6.07) is 4.80. The van der Waals surface area contributed by atoms with Crippen molar-refractivity contribution in [2.24, 2.45) is 0 Å². The van der Waals surface area contributed by atoms with Crippen LogP contribution in [0.1, 0.15) is 32.4 Å². The highest BCUT2D eigenvalue weighted by Gasteiger charge is 2.10. The molecule has 18 heavy (non-hydrogen) atoms. The molecule has 0 aliphatic rings. The number of halogens is 1.